The Labute approximate surface area is 136 Å². The molecule has 0 saturated carbocycles. The Morgan fingerprint density at radius 3 is 2.35 bits per heavy atom. The number of likely N-dealkylation sites (tertiary alicyclic amines) is 1. The quantitative estimate of drug-likeness (QED) is 0.604. The molecule has 0 unspecified atom stereocenters. The highest BCUT2D eigenvalue weighted by Gasteiger charge is 2.37. The smallest absolute Gasteiger partial charge is 0.404 e. The molecule has 0 spiro atoms. The molecule has 0 bridgehead atoms. The molecule has 1 aromatic rings. The molecule has 1 saturated heterocycles. The summed E-state index contributed by atoms with van der Waals surface area (Å²) in [4.78, 5) is 13.5. The van der Waals surface area contributed by atoms with E-state index in [1.165, 1.54) is 6.07 Å². The summed E-state index contributed by atoms with van der Waals surface area (Å²) in [5.41, 5.74) is 4.85. The van der Waals surface area contributed by atoms with E-state index in [1.807, 2.05) is 0 Å². The fourth-order valence-corrected chi connectivity index (χ4v) is 2.62. The highest BCUT2D eigenvalue weighted by atomic mass is 79.9. The molecule has 128 valence electrons. The van der Waals surface area contributed by atoms with Gasteiger partial charge in [-0.2, -0.15) is 0 Å². The Morgan fingerprint density at radius 1 is 1.26 bits per heavy atom. The number of carbonyl (C=O) groups excluding carboxylic acids is 1. The van der Waals surface area contributed by atoms with Crippen LogP contribution >= 0.6 is 15.9 Å². The maximum Gasteiger partial charge on any atom is 0.573 e. The van der Waals surface area contributed by atoms with Crippen molar-refractivity contribution in [1.82, 2.24) is 4.90 Å². The van der Waals surface area contributed by atoms with Gasteiger partial charge in [-0.25, -0.2) is 8.78 Å². The van der Waals surface area contributed by atoms with Gasteiger partial charge < -0.3 is 15.4 Å². The highest BCUT2D eigenvalue weighted by molar-refractivity contribution is 9.10. The lowest BCUT2D eigenvalue weighted by molar-refractivity contribution is -0.274. The predicted molar refractivity (Wildman–Crippen MR) is 75.3 cm³/mol. The van der Waals surface area contributed by atoms with Crippen molar-refractivity contribution in [2.24, 2.45) is 0 Å². The van der Waals surface area contributed by atoms with Gasteiger partial charge in [-0.15, -0.1) is 13.2 Å². The van der Waals surface area contributed by atoms with Crippen LogP contribution in [0, 0.1) is 0 Å². The number of nitrogens with two attached hydrogens (primary N) is 1. The number of hydrogen-bond donors (Lipinski definition) is 1. The second kappa shape index (κ2) is 6.14. The van der Waals surface area contributed by atoms with Crippen LogP contribution in [0.2, 0.25) is 0 Å². The number of benzene rings is 1. The van der Waals surface area contributed by atoms with E-state index in [0.29, 0.717) is 0 Å². The Morgan fingerprint density at radius 2 is 1.83 bits per heavy atom. The van der Waals surface area contributed by atoms with Crippen LogP contribution in [0.15, 0.2) is 16.6 Å². The largest absolute Gasteiger partial charge is 0.573 e. The molecule has 0 radical (unpaired) electrons. The van der Waals surface area contributed by atoms with E-state index in [2.05, 4.69) is 20.7 Å². The van der Waals surface area contributed by atoms with Crippen LogP contribution in [-0.4, -0.2) is 36.2 Å². The SMILES string of the molecule is Nc1c(OC(F)(F)F)cc(Br)cc1C(=O)N1CCC(F)(F)CC1. The van der Waals surface area contributed by atoms with Crippen LogP contribution in [-0.2, 0) is 0 Å². The number of alkyl halides is 5. The van der Waals surface area contributed by atoms with Crippen molar-refractivity contribution in [3.05, 3.63) is 22.2 Å². The molecule has 4 nitrogen and oxygen atoms in total. The summed E-state index contributed by atoms with van der Waals surface area (Å²) in [7, 11) is 0. The van der Waals surface area contributed by atoms with Crippen molar-refractivity contribution in [3.63, 3.8) is 0 Å². The number of piperidine rings is 1. The number of carbonyl (C=O) groups is 1. The molecule has 1 fully saturated rings. The zero-order valence-electron chi connectivity index (χ0n) is 11.6. The first-order valence-corrected chi connectivity index (χ1v) is 7.30. The second-order valence-corrected chi connectivity index (χ2v) is 5.98. The molecular formula is C13H12BrF5N2O2. The summed E-state index contributed by atoms with van der Waals surface area (Å²) >= 11 is 2.97. The third kappa shape index (κ3) is 4.46. The van der Waals surface area contributed by atoms with Gasteiger partial charge in [0.25, 0.3) is 11.8 Å². The molecule has 1 aliphatic rings. The molecule has 10 heteroatoms. The molecule has 1 amide bonds. The van der Waals surface area contributed by atoms with Crippen LogP contribution in [0.5, 0.6) is 5.75 Å². The number of halogens is 6. The monoisotopic (exact) mass is 402 g/mol. The lowest BCUT2D eigenvalue weighted by atomic mass is 10.0. The fourth-order valence-electron chi connectivity index (χ4n) is 2.19. The van der Waals surface area contributed by atoms with Crippen LogP contribution in [0.3, 0.4) is 0 Å². The first-order valence-electron chi connectivity index (χ1n) is 6.50. The minimum absolute atomic E-state index is 0.150. The predicted octanol–water partition coefficient (Wildman–Crippen LogP) is 3.80. The van der Waals surface area contributed by atoms with Crippen LogP contribution in [0.4, 0.5) is 27.6 Å². The molecular weight excluding hydrogens is 391 g/mol. The molecule has 0 atom stereocenters. The minimum Gasteiger partial charge on any atom is -0.404 e. The third-order valence-corrected chi connectivity index (χ3v) is 3.80. The van der Waals surface area contributed by atoms with Crippen molar-refractivity contribution in [3.8, 4) is 5.75 Å². The van der Waals surface area contributed by atoms with Gasteiger partial charge in [0.2, 0.25) is 0 Å². The van der Waals surface area contributed by atoms with Crippen molar-refractivity contribution < 1.29 is 31.5 Å². The molecule has 23 heavy (non-hydrogen) atoms. The number of amides is 1. The number of nitrogens with zero attached hydrogens (tertiary/aromatic N) is 1. The fraction of sp³-hybridized carbons (Fsp3) is 0.462. The van der Waals surface area contributed by atoms with Crippen molar-refractivity contribution in [2.45, 2.75) is 25.1 Å². The summed E-state index contributed by atoms with van der Waals surface area (Å²) < 4.78 is 67.2. The molecule has 2 N–H and O–H groups in total. The summed E-state index contributed by atoms with van der Waals surface area (Å²) in [5.74, 6) is -4.28. The van der Waals surface area contributed by atoms with E-state index in [9.17, 15) is 26.7 Å². The van der Waals surface area contributed by atoms with Crippen LogP contribution in [0.1, 0.15) is 23.2 Å². The average molecular weight is 403 g/mol. The second-order valence-electron chi connectivity index (χ2n) is 5.06. The topological polar surface area (TPSA) is 55.6 Å². The van der Waals surface area contributed by atoms with Gasteiger partial charge in [-0.05, 0) is 12.1 Å². The summed E-state index contributed by atoms with van der Waals surface area (Å²) in [5, 5.41) is 0. The lowest BCUT2D eigenvalue weighted by Gasteiger charge is -2.32. The number of hydrogen-bond acceptors (Lipinski definition) is 3. The first kappa shape index (κ1) is 17.8. The number of rotatable bonds is 2. The molecule has 0 aliphatic carbocycles. The summed E-state index contributed by atoms with van der Waals surface area (Å²) in [6.45, 7) is -0.402. The molecule has 1 aliphatic heterocycles. The Kier molecular flexibility index (Phi) is 4.74. The van der Waals surface area contributed by atoms with E-state index in [-0.39, 0.29) is 23.1 Å². The standard InChI is InChI=1S/C13H12BrF5N2O2/c14-7-5-8(10(20)9(6-7)23-13(17,18)19)11(22)21-3-1-12(15,16)2-4-21/h5-6H,1-4,20H2. The van der Waals surface area contributed by atoms with Gasteiger partial charge >= 0.3 is 6.36 Å². The van der Waals surface area contributed by atoms with E-state index in [0.717, 1.165) is 11.0 Å². The molecule has 1 heterocycles. The van der Waals surface area contributed by atoms with Crippen molar-refractivity contribution in [2.75, 3.05) is 18.8 Å². The maximum absolute atomic E-state index is 13.1. The van der Waals surface area contributed by atoms with Gasteiger partial charge in [0.15, 0.2) is 5.75 Å². The van der Waals surface area contributed by atoms with Gasteiger partial charge in [-0.1, -0.05) is 15.9 Å². The highest BCUT2D eigenvalue weighted by Crippen LogP contribution is 2.35. The van der Waals surface area contributed by atoms with Crippen LogP contribution in [0.25, 0.3) is 0 Å². The summed E-state index contributed by atoms with van der Waals surface area (Å²) in [6, 6.07) is 2.21. The maximum atomic E-state index is 13.1. The minimum atomic E-state index is -4.97. The van der Waals surface area contributed by atoms with Crippen LogP contribution < -0.4 is 10.5 Å². The van der Waals surface area contributed by atoms with Crippen molar-refractivity contribution >= 4 is 27.5 Å². The zero-order valence-corrected chi connectivity index (χ0v) is 13.2. The Balaban J connectivity index is 2.27. The molecule has 0 aromatic heterocycles. The van der Waals surface area contributed by atoms with E-state index < -0.39 is 42.5 Å². The molecule has 1 aromatic carbocycles. The van der Waals surface area contributed by atoms with E-state index in [4.69, 9.17) is 5.73 Å². The molecule has 2 rings (SSSR count). The normalized spacial score (nSPS) is 17.9. The third-order valence-electron chi connectivity index (χ3n) is 3.35. The lowest BCUT2D eigenvalue weighted by Crippen LogP contribution is -2.43. The van der Waals surface area contributed by atoms with Gasteiger partial charge in [0, 0.05) is 30.4 Å². The Hall–Kier alpha value is -1.58. The zero-order chi connectivity index (χ0) is 17.4. The van der Waals surface area contributed by atoms with Gasteiger partial charge in [0.1, 0.15) is 0 Å². The van der Waals surface area contributed by atoms with Gasteiger partial charge in [0.05, 0.1) is 11.3 Å². The van der Waals surface area contributed by atoms with Gasteiger partial charge in [-0.3, -0.25) is 4.79 Å². The number of ether oxygens (including phenoxy) is 1. The Bertz CT molecular complexity index is 611. The number of nitrogen functional groups attached to an aromatic ring is 1. The number of anilines is 1. The van der Waals surface area contributed by atoms with E-state index in [1.54, 1.807) is 0 Å². The van der Waals surface area contributed by atoms with Crippen molar-refractivity contribution in [1.29, 1.82) is 0 Å². The average Bonchev–Trinajstić information content (AvgIpc) is 2.40. The first-order chi connectivity index (χ1) is 10.5. The summed E-state index contributed by atoms with van der Waals surface area (Å²) in [6.07, 6.45) is -5.97. The van der Waals surface area contributed by atoms with E-state index >= 15 is 0 Å².